The van der Waals surface area contributed by atoms with Gasteiger partial charge in [0.25, 0.3) is 5.69 Å². The van der Waals surface area contributed by atoms with Gasteiger partial charge in [-0.15, -0.1) is 0 Å². The second kappa shape index (κ2) is 4.57. The van der Waals surface area contributed by atoms with E-state index in [1.807, 2.05) is 34.7 Å². The number of anilines is 1. The molecule has 1 aliphatic heterocycles. The number of nitro benzene ring substituents is 1. The van der Waals surface area contributed by atoms with Crippen LogP contribution < -0.4 is 4.90 Å². The van der Waals surface area contributed by atoms with Crippen molar-refractivity contribution in [2.24, 2.45) is 0 Å². The molecule has 1 atom stereocenters. The Kier molecular flexibility index (Phi) is 3.32. The summed E-state index contributed by atoms with van der Waals surface area (Å²) in [5.74, 6) is 0. The lowest BCUT2D eigenvalue weighted by molar-refractivity contribution is -0.385. The SMILES string of the molecule is CC1CCCN1c1ccc([N+](=O)[O-])c(I)c1. The van der Waals surface area contributed by atoms with Gasteiger partial charge in [-0.25, -0.2) is 0 Å². The normalized spacial score (nSPS) is 20.1. The smallest absolute Gasteiger partial charge is 0.282 e. The molecule has 2 rings (SSSR count). The van der Waals surface area contributed by atoms with Crippen LogP contribution in [-0.2, 0) is 0 Å². The fourth-order valence-corrected chi connectivity index (χ4v) is 2.84. The van der Waals surface area contributed by atoms with Gasteiger partial charge in [-0.1, -0.05) is 0 Å². The van der Waals surface area contributed by atoms with E-state index in [1.165, 1.54) is 12.8 Å². The summed E-state index contributed by atoms with van der Waals surface area (Å²) in [5.41, 5.74) is 1.29. The van der Waals surface area contributed by atoms with E-state index < -0.39 is 0 Å². The Morgan fingerprint density at radius 1 is 1.56 bits per heavy atom. The number of rotatable bonds is 2. The largest absolute Gasteiger partial charge is 0.369 e. The van der Waals surface area contributed by atoms with Gasteiger partial charge in [0.2, 0.25) is 0 Å². The fraction of sp³-hybridized carbons (Fsp3) is 0.455. The van der Waals surface area contributed by atoms with Crippen LogP contribution in [0.5, 0.6) is 0 Å². The molecule has 1 saturated heterocycles. The maximum Gasteiger partial charge on any atom is 0.282 e. The van der Waals surface area contributed by atoms with Crippen LogP contribution >= 0.6 is 22.6 Å². The molecule has 1 aromatic carbocycles. The van der Waals surface area contributed by atoms with Crippen LogP contribution in [0.15, 0.2) is 18.2 Å². The molecule has 0 aliphatic carbocycles. The standard InChI is InChI=1S/C11H13IN2O2/c1-8-3-2-6-13(8)9-4-5-11(14(15)16)10(12)7-9/h4-5,7-8H,2-3,6H2,1H3. The summed E-state index contributed by atoms with van der Waals surface area (Å²) in [4.78, 5) is 12.7. The van der Waals surface area contributed by atoms with Gasteiger partial charge >= 0.3 is 0 Å². The molecule has 16 heavy (non-hydrogen) atoms. The molecule has 1 unspecified atom stereocenters. The van der Waals surface area contributed by atoms with E-state index in [0.717, 1.165) is 12.2 Å². The Morgan fingerprint density at radius 2 is 2.31 bits per heavy atom. The van der Waals surface area contributed by atoms with Gasteiger partial charge in [-0.2, -0.15) is 0 Å². The lowest BCUT2D eigenvalue weighted by Crippen LogP contribution is -2.26. The van der Waals surface area contributed by atoms with Gasteiger partial charge in [0.05, 0.1) is 8.49 Å². The minimum atomic E-state index is -0.334. The van der Waals surface area contributed by atoms with Gasteiger partial charge in [0.15, 0.2) is 0 Å². The molecule has 0 bridgehead atoms. The van der Waals surface area contributed by atoms with E-state index in [-0.39, 0.29) is 10.6 Å². The first-order valence-electron chi connectivity index (χ1n) is 5.30. The monoisotopic (exact) mass is 332 g/mol. The van der Waals surface area contributed by atoms with Crippen LogP contribution in [0.3, 0.4) is 0 Å². The molecule has 0 amide bonds. The van der Waals surface area contributed by atoms with Crippen molar-refractivity contribution < 1.29 is 4.92 Å². The quantitative estimate of drug-likeness (QED) is 0.475. The van der Waals surface area contributed by atoms with Gasteiger partial charge in [0, 0.05) is 24.3 Å². The van der Waals surface area contributed by atoms with Crippen molar-refractivity contribution in [1.82, 2.24) is 0 Å². The van der Waals surface area contributed by atoms with Gasteiger partial charge in [-0.05, 0) is 54.5 Å². The Balaban J connectivity index is 2.30. The van der Waals surface area contributed by atoms with Crippen molar-refractivity contribution in [3.05, 3.63) is 31.9 Å². The molecule has 0 radical (unpaired) electrons. The highest BCUT2D eigenvalue weighted by molar-refractivity contribution is 14.1. The van der Waals surface area contributed by atoms with Gasteiger partial charge in [-0.3, -0.25) is 10.1 Å². The molecule has 1 aromatic rings. The van der Waals surface area contributed by atoms with Crippen LogP contribution in [0.1, 0.15) is 19.8 Å². The maximum atomic E-state index is 10.7. The first-order valence-corrected chi connectivity index (χ1v) is 6.38. The summed E-state index contributed by atoms with van der Waals surface area (Å²) in [6.45, 7) is 3.25. The first kappa shape index (κ1) is 11.6. The van der Waals surface area contributed by atoms with E-state index in [0.29, 0.717) is 9.61 Å². The lowest BCUT2D eigenvalue weighted by atomic mass is 10.2. The van der Waals surface area contributed by atoms with Crippen molar-refractivity contribution >= 4 is 34.0 Å². The Hall–Kier alpha value is -0.850. The average Bonchev–Trinajstić information content (AvgIpc) is 2.63. The summed E-state index contributed by atoms with van der Waals surface area (Å²) >= 11 is 2.03. The molecule has 5 heteroatoms. The van der Waals surface area contributed by atoms with Gasteiger partial charge < -0.3 is 4.90 Å². The highest BCUT2D eigenvalue weighted by Crippen LogP contribution is 2.30. The second-order valence-corrected chi connectivity index (χ2v) is 5.24. The number of benzene rings is 1. The lowest BCUT2D eigenvalue weighted by Gasteiger charge is -2.23. The molecule has 0 spiro atoms. The summed E-state index contributed by atoms with van der Waals surface area (Å²) in [5, 5.41) is 10.7. The van der Waals surface area contributed by atoms with Crippen molar-refractivity contribution in [3.63, 3.8) is 0 Å². The molecule has 0 N–H and O–H groups in total. The van der Waals surface area contributed by atoms with Gasteiger partial charge in [0.1, 0.15) is 0 Å². The van der Waals surface area contributed by atoms with E-state index in [2.05, 4.69) is 11.8 Å². The highest BCUT2D eigenvalue weighted by atomic mass is 127. The Labute approximate surface area is 108 Å². The molecular formula is C11H13IN2O2. The number of nitrogens with zero attached hydrogens (tertiary/aromatic N) is 2. The third kappa shape index (κ3) is 2.14. The van der Waals surface area contributed by atoms with Crippen LogP contribution in [0.25, 0.3) is 0 Å². The third-order valence-electron chi connectivity index (χ3n) is 3.01. The van der Waals surface area contributed by atoms with Crippen molar-refractivity contribution in [1.29, 1.82) is 0 Å². The van der Waals surface area contributed by atoms with Crippen molar-refractivity contribution in [2.45, 2.75) is 25.8 Å². The molecule has 1 fully saturated rings. The zero-order valence-corrected chi connectivity index (χ0v) is 11.2. The van der Waals surface area contributed by atoms with Crippen LogP contribution in [0, 0.1) is 13.7 Å². The molecule has 0 saturated carbocycles. The molecule has 0 aromatic heterocycles. The fourth-order valence-electron chi connectivity index (χ4n) is 2.14. The zero-order chi connectivity index (χ0) is 11.7. The molecule has 4 nitrogen and oxygen atoms in total. The molecule has 1 aliphatic rings. The Bertz CT molecular complexity index is 422. The highest BCUT2D eigenvalue weighted by Gasteiger charge is 2.22. The predicted molar refractivity (Wildman–Crippen MR) is 71.9 cm³/mol. The molecular weight excluding hydrogens is 319 g/mol. The van der Waals surface area contributed by atoms with Crippen LogP contribution in [0.2, 0.25) is 0 Å². The number of nitro groups is 1. The minimum absolute atomic E-state index is 0.191. The summed E-state index contributed by atoms with van der Waals surface area (Å²) < 4.78 is 0.708. The molecule has 1 heterocycles. The van der Waals surface area contributed by atoms with E-state index in [1.54, 1.807) is 6.07 Å². The summed E-state index contributed by atoms with van der Waals surface area (Å²) in [7, 11) is 0. The van der Waals surface area contributed by atoms with Crippen LogP contribution in [-0.4, -0.2) is 17.5 Å². The zero-order valence-electron chi connectivity index (χ0n) is 9.02. The Morgan fingerprint density at radius 3 is 2.81 bits per heavy atom. The number of halogens is 1. The minimum Gasteiger partial charge on any atom is -0.369 e. The summed E-state index contributed by atoms with van der Waals surface area (Å²) in [6, 6.07) is 5.89. The van der Waals surface area contributed by atoms with Crippen molar-refractivity contribution in [3.8, 4) is 0 Å². The first-order chi connectivity index (χ1) is 7.59. The molecule has 86 valence electrons. The maximum absolute atomic E-state index is 10.7. The number of hydrogen-bond acceptors (Lipinski definition) is 3. The average molecular weight is 332 g/mol. The topological polar surface area (TPSA) is 46.4 Å². The predicted octanol–water partition coefficient (Wildman–Crippen LogP) is 3.19. The van der Waals surface area contributed by atoms with E-state index in [4.69, 9.17) is 0 Å². The van der Waals surface area contributed by atoms with Crippen molar-refractivity contribution in [2.75, 3.05) is 11.4 Å². The van der Waals surface area contributed by atoms with E-state index >= 15 is 0 Å². The second-order valence-electron chi connectivity index (χ2n) is 4.08. The third-order valence-corrected chi connectivity index (χ3v) is 3.88. The summed E-state index contributed by atoms with van der Waals surface area (Å²) in [6.07, 6.45) is 2.41. The van der Waals surface area contributed by atoms with Crippen LogP contribution in [0.4, 0.5) is 11.4 Å². The van der Waals surface area contributed by atoms with E-state index in [9.17, 15) is 10.1 Å². The number of hydrogen-bond donors (Lipinski definition) is 0.